The van der Waals surface area contributed by atoms with Crippen LogP contribution in [-0.4, -0.2) is 15.9 Å². The number of H-pyrrole nitrogens is 1. The van der Waals surface area contributed by atoms with Gasteiger partial charge >= 0.3 is 0 Å². The summed E-state index contributed by atoms with van der Waals surface area (Å²) < 4.78 is 0. The zero-order valence-corrected chi connectivity index (χ0v) is 15.6. The van der Waals surface area contributed by atoms with Crippen LogP contribution in [-0.2, 0) is 11.2 Å². The van der Waals surface area contributed by atoms with E-state index in [-0.39, 0.29) is 23.9 Å². The molecule has 2 aromatic carbocycles. The molecule has 134 valence electrons. The van der Waals surface area contributed by atoms with E-state index in [2.05, 4.69) is 15.3 Å². The second-order valence-electron chi connectivity index (χ2n) is 5.99. The van der Waals surface area contributed by atoms with Crippen LogP contribution in [0.5, 0.6) is 0 Å². The van der Waals surface area contributed by atoms with Crippen LogP contribution < -0.4 is 10.9 Å². The molecule has 1 amide bonds. The van der Waals surface area contributed by atoms with E-state index in [4.69, 9.17) is 23.2 Å². The van der Waals surface area contributed by atoms with Gasteiger partial charge in [-0.3, -0.25) is 9.59 Å². The molecule has 0 aliphatic heterocycles. The fourth-order valence-electron chi connectivity index (χ4n) is 2.66. The van der Waals surface area contributed by atoms with Gasteiger partial charge < -0.3 is 10.3 Å². The molecule has 7 heteroatoms. The monoisotopic (exact) mass is 389 g/mol. The van der Waals surface area contributed by atoms with E-state index >= 15 is 0 Å². The Hall–Kier alpha value is -2.37. The summed E-state index contributed by atoms with van der Waals surface area (Å²) in [6.07, 6.45) is 0.562. The van der Waals surface area contributed by atoms with Crippen molar-refractivity contribution in [1.82, 2.24) is 15.3 Å². The summed E-state index contributed by atoms with van der Waals surface area (Å²) in [7, 11) is 0. The molecule has 3 rings (SSSR count). The molecule has 0 fully saturated rings. The predicted molar refractivity (Wildman–Crippen MR) is 104 cm³/mol. The lowest BCUT2D eigenvalue weighted by Gasteiger charge is -2.15. The quantitative estimate of drug-likeness (QED) is 0.691. The molecule has 0 bridgehead atoms. The number of nitrogens with one attached hydrogen (secondary N) is 2. The van der Waals surface area contributed by atoms with Crippen LogP contribution >= 0.6 is 23.2 Å². The molecule has 0 saturated carbocycles. The van der Waals surface area contributed by atoms with E-state index in [1.165, 1.54) is 0 Å². The third-order valence-electron chi connectivity index (χ3n) is 4.07. The van der Waals surface area contributed by atoms with Gasteiger partial charge in [-0.2, -0.15) is 0 Å². The van der Waals surface area contributed by atoms with Crippen molar-refractivity contribution < 1.29 is 4.79 Å². The Morgan fingerprint density at radius 3 is 2.73 bits per heavy atom. The zero-order chi connectivity index (χ0) is 18.7. The molecule has 1 heterocycles. The molecular weight excluding hydrogens is 373 g/mol. The molecule has 0 saturated heterocycles. The van der Waals surface area contributed by atoms with Gasteiger partial charge in [0.2, 0.25) is 5.91 Å². The molecule has 1 aromatic heterocycles. The second kappa shape index (κ2) is 7.89. The summed E-state index contributed by atoms with van der Waals surface area (Å²) >= 11 is 11.9. The average Bonchev–Trinajstić information content (AvgIpc) is 2.62. The maximum absolute atomic E-state index is 12.2. The summed E-state index contributed by atoms with van der Waals surface area (Å²) in [5.41, 5.74) is 1.29. The van der Waals surface area contributed by atoms with Crippen LogP contribution in [0.4, 0.5) is 0 Å². The molecule has 0 spiro atoms. The first-order valence-electron chi connectivity index (χ1n) is 8.16. The number of amides is 1. The highest BCUT2D eigenvalue weighted by Gasteiger charge is 2.12. The first-order valence-corrected chi connectivity index (χ1v) is 8.92. The minimum atomic E-state index is -0.208. The van der Waals surface area contributed by atoms with Crippen molar-refractivity contribution in [3.05, 3.63) is 74.3 Å². The standard InChI is InChI=1S/C19H17Cl2N3O2/c1-11(12-6-7-14(20)15(21)10-12)22-18(25)9-8-17-23-16-5-3-2-4-13(16)19(26)24-17/h2-7,10-11H,8-9H2,1H3,(H,22,25)(H,23,24,26). The van der Waals surface area contributed by atoms with Crippen LogP contribution in [0.15, 0.2) is 47.3 Å². The van der Waals surface area contributed by atoms with Gasteiger partial charge in [-0.05, 0) is 36.8 Å². The number of hydrogen-bond acceptors (Lipinski definition) is 3. The van der Waals surface area contributed by atoms with Crippen LogP contribution in [0.3, 0.4) is 0 Å². The first kappa shape index (κ1) is 18.4. The third-order valence-corrected chi connectivity index (χ3v) is 4.81. The Morgan fingerprint density at radius 2 is 1.96 bits per heavy atom. The second-order valence-corrected chi connectivity index (χ2v) is 6.81. The van der Waals surface area contributed by atoms with E-state index in [0.29, 0.717) is 33.2 Å². The summed E-state index contributed by atoms with van der Waals surface area (Å²) in [4.78, 5) is 31.4. The lowest BCUT2D eigenvalue weighted by molar-refractivity contribution is -0.121. The number of rotatable bonds is 5. The van der Waals surface area contributed by atoms with Crippen molar-refractivity contribution in [3.8, 4) is 0 Å². The number of fused-ring (bicyclic) bond motifs is 1. The van der Waals surface area contributed by atoms with Gasteiger partial charge in [0.1, 0.15) is 5.82 Å². The van der Waals surface area contributed by atoms with Crippen LogP contribution in [0, 0.1) is 0 Å². The maximum Gasteiger partial charge on any atom is 0.258 e. The van der Waals surface area contributed by atoms with Crippen LogP contribution in [0.25, 0.3) is 10.9 Å². The summed E-state index contributed by atoms with van der Waals surface area (Å²) in [5, 5.41) is 4.36. The van der Waals surface area contributed by atoms with E-state index in [1.54, 1.807) is 30.3 Å². The van der Waals surface area contributed by atoms with E-state index in [0.717, 1.165) is 5.56 Å². The topological polar surface area (TPSA) is 74.8 Å². The van der Waals surface area contributed by atoms with Gasteiger partial charge in [-0.25, -0.2) is 4.98 Å². The third kappa shape index (κ3) is 4.23. The summed E-state index contributed by atoms with van der Waals surface area (Å²) in [5.74, 6) is 0.352. The molecule has 0 aliphatic carbocycles. The number of aryl methyl sites for hydroxylation is 1. The molecule has 0 aliphatic rings. The Labute approximate surface area is 160 Å². The van der Waals surface area contributed by atoms with Crippen molar-refractivity contribution in [3.63, 3.8) is 0 Å². The van der Waals surface area contributed by atoms with Gasteiger partial charge in [0.25, 0.3) is 5.56 Å². The van der Waals surface area contributed by atoms with Crippen molar-refractivity contribution >= 4 is 40.0 Å². The Kier molecular flexibility index (Phi) is 5.59. The number of carbonyl (C=O) groups is 1. The number of carbonyl (C=O) groups excluding carboxylic acids is 1. The van der Waals surface area contributed by atoms with Crippen LogP contribution in [0.2, 0.25) is 10.0 Å². The summed E-state index contributed by atoms with van der Waals surface area (Å²) in [6, 6.07) is 12.2. The van der Waals surface area contributed by atoms with Crippen molar-refractivity contribution in [2.75, 3.05) is 0 Å². The first-order chi connectivity index (χ1) is 12.4. The highest BCUT2D eigenvalue weighted by atomic mass is 35.5. The number of benzene rings is 2. The molecule has 5 nitrogen and oxygen atoms in total. The SMILES string of the molecule is CC(NC(=O)CCc1nc2ccccc2c(=O)[nH]1)c1ccc(Cl)c(Cl)c1. The number of para-hydroxylation sites is 1. The Bertz CT molecular complexity index is 1020. The van der Waals surface area contributed by atoms with Crippen molar-refractivity contribution in [1.29, 1.82) is 0 Å². The number of aromatic amines is 1. The van der Waals surface area contributed by atoms with Gasteiger partial charge in [-0.1, -0.05) is 41.4 Å². The molecular formula is C19H17Cl2N3O2. The van der Waals surface area contributed by atoms with Gasteiger partial charge in [0.05, 0.1) is 27.0 Å². The smallest absolute Gasteiger partial charge is 0.258 e. The highest BCUT2D eigenvalue weighted by Crippen LogP contribution is 2.25. The number of aromatic nitrogens is 2. The largest absolute Gasteiger partial charge is 0.350 e. The number of halogens is 2. The molecule has 1 atom stereocenters. The van der Waals surface area contributed by atoms with Crippen molar-refractivity contribution in [2.24, 2.45) is 0 Å². The van der Waals surface area contributed by atoms with Crippen molar-refractivity contribution in [2.45, 2.75) is 25.8 Å². The van der Waals surface area contributed by atoms with E-state index < -0.39 is 0 Å². The predicted octanol–water partition coefficient (Wildman–Crippen LogP) is 4.04. The van der Waals surface area contributed by atoms with Gasteiger partial charge in [-0.15, -0.1) is 0 Å². The van der Waals surface area contributed by atoms with E-state index in [9.17, 15) is 9.59 Å². The fraction of sp³-hybridized carbons (Fsp3) is 0.211. The Balaban J connectivity index is 1.63. The molecule has 1 unspecified atom stereocenters. The Morgan fingerprint density at radius 1 is 1.19 bits per heavy atom. The molecule has 3 aromatic rings. The lowest BCUT2D eigenvalue weighted by Crippen LogP contribution is -2.27. The fourth-order valence-corrected chi connectivity index (χ4v) is 2.97. The van der Waals surface area contributed by atoms with Gasteiger partial charge in [0, 0.05) is 12.8 Å². The van der Waals surface area contributed by atoms with Gasteiger partial charge in [0.15, 0.2) is 0 Å². The van der Waals surface area contributed by atoms with E-state index in [1.807, 2.05) is 19.1 Å². The minimum Gasteiger partial charge on any atom is -0.350 e. The summed E-state index contributed by atoms with van der Waals surface area (Å²) in [6.45, 7) is 1.87. The maximum atomic E-state index is 12.2. The normalized spacial score (nSPS) is 12.1. The lowest BCUT2D eigenvalue weighted by atomic mass is 10.1. The number of nitrogens with zero attached hydrogens (tertiary/aromatic N) is 1. The van der Waals surface area contributed by atoms with Crippen LogP contribution in [0.1, 0.15) is 30.8 Å². The minimum absolute atomic E-state index is 0.139. The molecule has 0 radical (unpaired) electrons. The zero-order valence-electron chi connectivity index (χ0n) is 14.1. The highest BCUT2D eigenvalue weighted by molar-refractivity contribution is 6.42. The molecule has 2 N–H and O–H groups in total. The average molecular weight is 390 g/mol. The molecule has 26 heavy (non-hydrogen) atoms. The number of hydrogen-bond donors (Lipinski definition) is 2.